The van der Waals surface area contributed by atoms with Gasteiger partial charge in [-0.15, -0.1) is 0 Å². The quantitative estimate of drug-likeness (QED) is 0.897. The van der Waals surface area contributed by atoms with Gasteiger partial charge in [0.05, 0.1) is 0 Å². The first-order chi connectivity index (χ1) is 12.6. The van der Waals surface area contributed by atoms with E-state index in [0.29, 0.717) is 32.1 Å². The minimum absolute atomic E-state index is 0.199. The molecule has 9 heteroatoms. The Morgan fingerprint density at radius 2 is 1.81 bits per heavy atom. The number of nitrogens with one attached hydrogen (secondary N) is 1. The second kappa shape index (κ2) is 6.97. The molecule has 2 fully saturated rings. The highest BCUT2D eigenvalue weighted by atomic mass is 19.3. The van der Waals surface area contributed by atoms with Crippen molar-refractivity contribution in [3.05, 3.63) is 40.2 Å². The maximum absolute atomic E-state index is 12.9. The molecule has 1 aliphatic heterocycles. The molecule has 1 saturated heterocycles. The topological polar surface area (TPSA) is 78.0 Å². The van der Waals surface area contributed by atoms with Crippen LogP contribution in [0.5, 0.6) is 0 Å². The summed E-state index contributed by atoms with van der Waals surface area (Å²) in [4.78, 5) is 30.8. The average molecular weight is 362 g/mol. The molecular weight excluding hydrogens is 342 g/mol. The lowest BCUT2D eigenvalue weighted by molar-refractivity contribution is 0.146. The number of rotatable bonds is 4. The van der Waals surface area contributed by atoms with Gasteiger partial charge in [-0.3, -0.25) is 9.78 Å². The van der Waals surface area contributed by atoms with Gasteiger partial charge < -0.3 is 9.80 Å². The summed E-state index contributed by atoms with van der Waals surface area (Å²) < 4.78 is 25.7. The summed E-state index contributed by atoms with van der Waals surface area (Å²) in [5.74, 6) is 1.64. The number of halogens is 2. The van der Waals surface area contributed by atoms with Crippen LogP contribution in [0.3, 0.4) is 0 Å². The lowest BCUT2D eigenvalue weighted by Crippen LogP contribution is -2.47. The predicted octanol–water partition coefficient (Wildman–Crippen LogP) is 2.09. The van der Waals surface area contributed by atoms with Crippen LogP contribution in [0.25, 0.3) is 0 Å². The van der Waals surface area contributed by atoms with E-state index in [-0.39, 0.29) is 5.95 Å². The van der Waals surface area contributed by atoms with Crippen molar-refractivity contribution in [1.82, 2.24) is 19.9 Å². The second-order valence-corrected chi connectivity index (χ2v) is 6.70. The van der Waals surface area contributed by atoms with E-state index in [1.54, 1.807) is 6.33 Å². The molecule has 0 atom stereocenters. The zero-order chi connectivity index (χ0) is 18.1. The highest BCUT2D eigenvalue weighted by Gasteiger charge is 2.24. The first kappa shape index (κ1) is 16.9. The smallest absolute Gasteiger partial charge is 0.280 e. The Labute approximate surface area is 149 Å². The van der Waals surface area contributed by atoms with Crippen LogP contribution in [-0.4, -0.2) is 46.1 Å². The summed E-state index contributed by atoms with van der Waals surface area (Å²) in [5, 5.41) is 0. The van der Waals surface area contributed by atoms with Crippen LogP contribution in [0.15, 0.2) is 23.3 Å². The molecule has 0 spiro atoms. The molecule has 4 rings (SSSR count). The van der Waals surface area contributed by atoms with Crippen LogP contribution < -0.4 is 15.4 Å². The van der Waals surface area contributed by atoms with Gasteiger partial charge in [0.1, 0.15) is 17.8 Å². The maximum Gasteiger partial charge on any atom is 0.280 e. The third-order valence-electron chi connectivity index (χ3n) is 5.07. The first-order valence-corrected chi connectivity index (χ1v) is 8.81. The minimum atomic E-state index is -2.76. The van der Waals surface area contributed by atoms with E-state index >= 15 is 0 Å². The Balaban J connectivity index is 1.45. The van der Waals surface area contributed by atoms with Crippen molar-refractivity contribution in [1.29, 1.82) is 0 Å². The fourth-order valence-corrected chi connectivity index (χ4v) is 3.33. The molecule has 0 unspecified atom stereocenters. The largest absolute Gasteiger partial charge is 0.353 e. The monoisotopic (exact) mass is 362 g/mol. The van der Waals surface area contributed by atoms with E-state index in [4.69, 9.17) is 0 Å². The van der Waals surface area contributed by atoms with E-state index in [2.05, 4.69) is 30.9 Å². The van der Waals surface area contributed by atoms with Gasteiger partial charge in [-0.05, 0) is 12.8 Å². The number of hydrogen-bond acceptors (Lipinski definition) is 6. The number of piperazine rings is 1. The molecule has 138 valence electrons. The Morgan fingerprint density at radius 3 is 2.46 bits per heavy atom. The standard InChI is InChI=1S/C17H20F2N6O/c18-16(19)13-9-15(26)23-17(22-13)25-6-4-24(5-7-25)14-8-12(20-10-21-14)11-2-1-3-11/h8-11,16H,1-7H2,(H,22,23,26). The van der Waals surface area contributed by atoms with Crippen molar-refractivity contribution in [2.45, 2.75) is 31.6 Å². The van der Waals surface area contributed by atoms with Gasteiger partial charge in [-0.1, -0.05) is 6.42 Å². The van der Waals surface area contributed by atoms with E-state index in [9.17, 15) is 13.6 Å². The number of alkyl halides is 2. The Kier molecular flexibility index (Phi) is 4.52. The average Bonchev–Trinajstić information content (AvgIpc) is 2.60. The molecule has 1 saturated carbocycles. The van der Waals surface area contributed by atoms with Crippen LogP contribution >= 0.6 is 0 Å². The van der Waals surface area contributed by atoms with Crippen LogP contribution in [0.2, 0.25) is 0 Å². The van der Waals surface area contributed by atoms with Crippen LogP contribution in [0.1, 0.15) is 43.0 Å². The van der Waals surface area contributed by atoms with Crippen molar-refractivity contribution in [3.63, 3.8) is 0 Å². The molecule has 3 heterocycles. The summed E-state index contributed by atoms with van der Waals surface area (Å²) in [5.41, 5.74) is 0.0418. The Morgan fingerprint density at radius 1 is 1.08 bits per heavy atom. The van der Waals surface area contributed by atoms with Gasteiger partial charge in [-0.2, -0.15) is 0 Å². The molecular formula is C17H20F2N6O. The summed E-state index contributed by atoms with van der Waals surface area (Å²) >= 11 is 0. The minimum Gasteiger partial charge on any atom is -0.353 e. The van der Waals surface area contributed by atoms with Crippen LogP contribution in [0, 0.1) is 0 Å². The van der Waals surface area contributed by atoms with Crippen LogP contribution in [0.4, 0.5) is 20.5 Å². The molecule has 2 aromatic heterocycles. The predicted molar refractivity (Wildman–Crippen MR) is 92.9 cm³/mol. The van der Waals surface area contributed by atoms with E-state index in [0.717, 1.165) is 17.6 Å². The van der Waals surface area contributed by atoms with Gasteiger partial charge >= 0.3 is 0 Å². The fraction of sp³-hybridized carbons (Fsp3) is 0.529. The second-order valence-electron chi connectivity index (χ2n) is 6.70. The molecule has 0 bridgehead atoms. The zero-order valence-corrected chi connectivity index (χ0v) is 14.2. The number of H-pyrrole nitrogens is 1. The van der Waals surface area contributed by atoms with Gasteiger partial charge in [0.15, 0.2) is 0 Å². The van der Waals surface area contributed by atoms with E-state index in [1.165, 1.54) is 19.3 Å². The van der Waals surface area contributed by atoms with Crippen molar-refractivity contribution in [3.8, 4) is 0 Å². The highest BCUT2D eigenvalue weighted by molar-refractivity contribution is 5.43. The summed E-state index contributed by atoms with van der Waals surface area (Å²) in [6, 6.07) is 2.89. The molecule has 0 amide bonds. The maximum atomic E-state index is 12.9. The van der Waals surface area contributed by atoms with E-state index < -0.39 is 17.7 Å². The molecule has 0 aromatic carbocycles. The molecule has 0 radical (unpaired) electrons. The van der Waals surface area contributed by atoms with Gasteiger partial charge in [0.25, 0.3) is 12.0 Å². The number of aromatic nitrogens is 4. The molecule has 2 aliphatic rings. The molecule has 2 aromatic rings. The van der Waals surface area contributed by atoms with Crippen LogP contribution in [-0.2, 0) is 0 Å². The lowest BCUT2D eigenvalue weighted by Gasteiger charge is -2.36. The lowest BCUT2D eigenvalue weighted by atomic mass is 9.83. The SMILES string of the molecule is O=c1cc(C(F)F)nc(N2CCN(c3cc(C4CCC4)ncn3)CC2)[nH]1. The molecule has 26 heavy (non-hydrogen) atoms. The summed E-state index contributed by atoms with van der Waals surface area (Å²) in [6.07, 6.45) is 2.47. The molecule has 1 N–H and O–H groups in total. The third kappa shape index (κ3) is 3.38. The highest BCUT2D eigenvalue weighted by Crippen LogP contribution is 2.35. The van der Waals surface area contributed by atoms with Crippen molar-refractivity contribution in [2.75, 3.05) is 36.0 Å². The number of nitrogens with zero attached hydrogens (tertiary/aromatic N) is 5. The summed E-state index contributed by atoms with van der Waals surface area (Å²) in [6.45, 7) is 2.48. The number of hydrogen-bond donors (Lipinski definition) is 1. The Bertz CT molecular complexity index is 830. The van der Waals surface area contributed by atoms with Gasteiger partial charge in [-0.25, -0.2) is 23.7 Å². The van der Waals surface area contributed by atoms with Crippen molar-refractivity contribution in [2.24, 2.45) is 0 Å². The number of anilines is 2. The van der Waals surface area contributed by atoms with Crippen molar-refractivity contribution >= 4 is 11.8 Å². The van der Waals surface area contributed by atoms with Crippen molar-refractivity contribution < 1.29 is 8.78 Å². The first-order valence-electron chi connectivity index (χ1n) is 8.81. The Hall–Kier alpha value is -2.58. The van der Waals surface area contributed by atoms with Gasteiger partial charge in [0, 0.05) is 49.9 Å². The molecule has 1 aliphatic carbocycles. The number of aromatic amines is 1. The van der Waals surface area contributed by atoms with Gasteiger partial charge in [0.2, 0.25) is 5.95 Å². The summed E-state index contributed by atoms with van der Waals surface area (Å²) in [7, 11) is 0. The normalized spacial score (nSPS) is 18.3. The third-order valence-corrected chi connectivity index (χ3v) is 5.07. The fourth-order valence-electron chi connectivity index (χ4n) is 3.33. The molecule has 7 nitrogen and oxygen atoms in total. The van der Waals surface area contributed by atoms with E-state index in [1.807, 2.05) is 4.90 Å². The zero-order valence-electron chi connectivity index (χ0n) is 14.2.